The van der Waals surface area contributed by atoms with Gasteiger partial charge in [0, 0.05) is 22.0 Å². The molecule has 0 spiro atoms. The van der Waals surface area contributed by atoms with Gasteiger partial charge in [-0.1, -0.05) is 34.1 Å². The summed E-state index contributed by atoms with van der Waals surface area (Å²) in [6.07, 6.45) is 0. The largest absolute Gasteiger partial charge is 0.372 e. The maximum absolute atomic E-state index is 5.49. The Morgan fingerprint density at radius 2 is 1.94 bits per heavy atom. The third-order valence-corrected chi connectivity index (χ3v) is 4.92. The maximum Gasteiger partial charge on any atom is 0.125 e. The molecule has 2 aromatic rings. The molecular formula is C14H16BrNOS. The van der Waals surface area contributed by atoms with Crippen LogP contribution in [-0.4, -0.2) is 12.1 Å². The summed E-state index contributed by atoms with van der Waals surface area (Å²) in [7, 11) is 1.72. The van der Waals surface area contributed by atoms with Gasteiger partial charge >= 0.3 is 0 Å². The van der Waals surface area contributed by atoms with E-state index in [1.807, 2.05) is 32.0 Å². The lowest BCUT2D eigenvalue weighted by atomic mass is 10.1. The Kier molecular flexibility index (Phi) is 3.90. The molecular weight excluding hydrogens is 310 g/mol. The summed E-state index contributed by atoms with van der Waals surface area (Å²) in [6, 6.07) is 8.15. The molecule has 0 saturated heterocycles. The van der Waals surface area contributed by atoms with E-state index in [4.69, 9.17) is 9.72 Å². The first-order chi connectivity index (χ1) is 8.45. The molecule has 0 fully saturated rings. The van der Waals surface area contributed by atoms with Gasteiger partial charge < -0.3 is 4.74 Å². The highest BCUT2D eigenvalue weighted by atomic mass is 79.9. The number of halogens is 1. The van der Waals surface area contributed by atoms with E-state index >= 15 is 0 Å². The van der Waals surface area contributed by atoms with Crippen molar-refractivity contribution in [3.8, 4) is 11.3 Å². The van der Waals surface area contributed by atoms with Gasteiger partial charge in [-0.05, 0) is 26.8 Å². The van der Waals surface area contributed by atoms with Crippen LogP contribution in [-0.2, 0) is 10.3 Å². The predicted octanol–water partition coefficient (Wildman–Crippen LogP) is 4.76. The predicted molar refractivity (Wildman–Crippen MR) is 80.0 cm³/mol. The highest BCUT2D eigenvalue weighted by Crippen LogP contribution is 2.36. The first kappa shape index (κ1) is 13.7. The molecule has 1 aromatic heterocycles. The number of aryl methyl sites for hydroxylation is 1. The van der Waals surface area contributed by atoms with Crippen LogP contribution in [0.4, 0.5) is 0 Å². The van der Waals surface area contributed by atoms with Crippen LogP contribution < -0.4 is 0 Å². The minimum absolute atomic E-state index is 0.338. The molecule has 0 bridgehead atoms. The summed E-state index contributed by atoms with van der Waals surface area (Å²) in [5, 5.41) is 1.01. The second-order valence-corrected chi connectivity index (χ2v) is 6.68. The molecule has 18 heavy (non-hydrogen) atoms. The standard InChI is InChI=1S/C14H16BrNOS/c1-9-12(10-7-5-6-8-11(10)15)16-13(18-9)14(2,3)17-4/h5-8H,1-4H3. The van der Waals surface area contributed by atoms with Gasteiger partial charge in [0.05, 0.1) is 5.69 Å². The van der Waals surface area contributed by atoms with E-state index in [1.54, 1.807) is 18.4 Å². The molecule has 0 N–H and O–H groups in total. The molecule has 4 heteroatoms. The fraction of sp³-hybridized carbons (Fsp3) is 0.357. The Morgan fingerprint density at radius 3 is 2.56 bits per heavy atom. The third kappa shape index (κ3) is 2.51. The molecule has 1 heterocycles. The average molecular weight is 326 g/mol. The van der Waals surface area contributed by atoms with Crippen LogP contribution in [0.2, 0.25) is 0 Å². The van der Waals surface area contributed by atoms with Crippen LogP contribution in [0.3, 0.4) is 0 Å². The number of nitrogens with zero attached hydrogens (tertiary/aromatic N) is 1. The van der Waals surface area contributed by atoms with Gasteiger partial charge in [0.1, 0.15) is 10.6 Å². The minimum Gasteiger partial charge on any atom is -0.372 e. The first-order valence-electron chi connectivity index (χ1n) is 5.73. The Bertz CT molecular complexity index is 563. The molecule has 0 aliphatic rings. The molecule has 96 valence electrons. The van der Waals surface area contributed by atoms with E-state index in [0.29, 0.717) is 0 Å². The van der Waals surface area contributed by atoms with E-state index in [-0.39, 0.29) is 5.60 Å². The summed E-state index contributed by atoms with van der Waals surface area (Å²) in [5.74, 6) is 0. The number of hydrogen-bond acceptors (Lipinski definition) is 3. The molecule has 0 aliphatic heterocycles. The van der Waals surface area contributed by atoms with Crippen LogP contribution in [0.25, 0.3) is 11.3 Å². The Hall–Kier alpha value is -0.710. The van der Waals surface area contributed by atoms with Crippen molar-refractivity contribution in [1.82, 2.24) is 4.98 Å². The van der Waals surface area contributed by atoms with E-state index < -0.39 is 0 Å². The van der Waals surface area contributed by atoms with Gasteiger partial charge in [0.15, 0.2) is 0 Å². The summed E-state index contributed by atoms with van der Waals surface area (Å²) < 4.78 is 6.56. The van der Waals surface area contributed by atoms with Gasteiger partial charge in [0.2, 0.25) is 0 Å². The van der Waals surface area contributed by atoms with Crippen LogP contribution in [0, 0.1) is 6.92 Å². The molecule has 0 unspecified atom stereocenters. The lowest BCUT2D eigenvalue weighted by molar-refractivity contribution is 0.0191. The second-order valence-electron chi connectivity index (χ2n) is 4.62. The molecule has 2 nitrogen and oxygen atoms in total. The Balaban J connectivity index is 2.52. The summed E-state index contributed by atoms with van der Waals surface area (Å²) in [6.45, 7) is 6.17. The smallest absolute Gasteiger partial charge is 0.125 e. The number of rotatable bonds is 3. The van der Waals surface area contributed by atoms with Crippen molar-refractivity contribution in [1.29, 1.82) is 0 Å². The monoisotopic (exact) mass is 325 g/mol. The summed E-state index contributed by atoms with van der Waals surface area (Å²) >= 11 is 5.27. The lowest BCUT2D eigenvalue weighted by Gasteiger charge is -2.19. The number of aromatic nitrogens is 1. The van der Waals surface area contributed by atoms with E-state index in [0.717, 1.165) is 20.7 Å². The zero-order valence-electron chi connectivity index (χ0n) is 11.0. The van der Waals surface area contributed by atoms with Crippen molar-refractivity contribution in [3.05, 3.63) is 38.6 Å². The van der Waals surface area contributed by atoms with Crippen molar-refractivity contribution in [2.45, 2.75) is 26.4 Å². The average Bonchev–Trinajstić information content (AvgIpc) is 2.73. The number of ether oxygens (including phenoxy) is 1. The molecule has 0 radical (unpaired) electrons. The van der Waals surface area contributed by atoms with Gasteiger partial charge in [-0.15, -0.1) is 11.3 Å². The third-order valence-electron chi connectivity index (χ3n) is 2.95. The normalized spacial score (nSPS) is 11.8. The molecule has 1 aromatic carbocycles. The first-order valence-corrected chi connectivity index (χ1v) is 7.34. The van der Waals surface area contributed by atoms with Crippen molar-refractivity contribution in [2.24, 2.45) is 0 Å². The Labute approximate surface area is 120 Å². The van der Waals surface area contributed by atoms with Gasteiger partial charge in [-0.25, -0.2) is 4.98 Å². The molecule has 0 saturated carbocycles. The van der Waals surface area contributed by atoms with E-state index in [9.17, 15) is 0 Å². The quantitative estimate of drug-likeness (QED) is 0.811. The maximum atomic E-state index is 5.49. The summed E-state index contributed by atoms with van der Waals surface area (Å²) in [5.41, 5.74) is 1.83. The molecule has 0 atom stereocenters. The SMILES string of the molecule is COC(C)(C)c1nc(-c2ccccc2Br)c(C)s1. The van der Waals surface area contributed by atoms with Crippen molar-refractivity contribution >= 4 is 27.3 Å². The highest BCUT2D eigenvalue weighted by Gasteiger charge is 2.25. The number of thiazole rings is 1. The number of benzene rings is 1. The van der Waals surface area contributed by atoms with Crippen molar-refractivity contribution < 1.29 is 4.74 Å². The summed E-state index contributed by atoms with van der Waals surface area (Å²) in [4.78, 5) is 5.96. The lowest BCUT2D eigenvalue weighted by Crippen LogP contribution is -2.18. The van der Waals surface area contributed by atoms with Crippen molar-refractivity contribution in [2.75, 3.05) is 7.11 Å². The second kappa shape index (κ2) is 5.11. The minimum atomic E-state index is -0.338. The zero-order valence-corrected chi connectivity index (χ0v) is 13.4. The molecule has 0 amide bonds. The van der Waals surface area contributed by atoms with E-state index in [1.165, 1.54) is 4.88 Å². The van der Waals surface area contributed by atoms with Crippen LogP contribution in [0.15, 0.2) is 28.7 Å². The van der Waals surface area contributed by atoms with E-state index in [2.05, 4.69) is 28.9 Å². The van der Waals surface area contributed by atoms with Crippen LogP contribution >= 0.6 is 27.3 Å². The fourth-order valence-corrected chi connectivity index (χ4v) is 3.13. The molecule has 0 aliphatic carbocycles. The Morgan fingerprint density at radius 1 is 1.28 bits per heavy atom. The van der Waals surface area contributed by atoms with Crippen LogP contribution in [0.1, 0.15) is 23.7 Å². The topological polar surface area (TPSA) is 22.1 Å². The van der Waals surface area contributed by atoms with Gasteiger partial charge in [-0.3, -0.25) is 0 Å². The van der Waals surface area contributed by atoms with Gasteiger partial charge in [0.25, 0.3) is 0 Å². The van der Waals surface area contributed by atoms with Gasteiger partial charge in [-0.2, -0.15) is 0 Å². The zero-order chi connectivity index (χ0) is 13.3. The number of hydrogen-bond donors (Lipinski definition) is 0. The molecule has 2 rings (SSSR count). The van der Waals surface area contributed by atoms with Crippen molar-refractivity contribution in [3.63, 3.8) is 0 Å². The highest BCUT2D eigenvalue weighted by molar-refractivity contribution is 9.10. The van der Waals surface area contributed by atoms with Crippen LogP contribution in [0.5, 0.6) is 0 Å². The number of methoxy groups -OCH3 is 1. The fourth-order valence-electron chi connectivity index (χ4n) is 1.64.